The van der Waals surface area contributed by atoms with E-state index in [0.29, 0.717) is 33.3 Å². The lowest BCUT2D eigenvalue weighted by Gasteiger charge is -2.15. The van der Waals surface area contributed by atoms with Gasteiger partial charge in [-0.2, -0.15) is 0 Å². The number of nitrogens with zero attached hydrogens (tertiary/aromatic N) is 5. The second kappa shape index (κ2) is 9.94. The summed E-state index contributed by atoms with van der Waals surface area (Å²) in [5.74, 6) is -0.440. The maximum absolute atomic E-state index is 14.7. The lowest BCUT2D eigenvalue weighted by atomic mass is 10.1. The molecular formula is C22H18FN7O2S. The van der Waals surface area contributed by atoms with Gasteiger partial charge in [-0.3, -0.25) is 9.88 Å². The molecule has 0 radical (unpaired) electrons. The van der Waals surface area contributed by atoms with Gasteiger partial charge in [0.1, 0.15) is 11.9 Å². The molecule has 3 aromatic rings. The highest BCUT2D eigenvalue weighted by molar-refractivity contribution is 7.80. The van der Waals surface area contributed by atoms with Crippen LogP contribution in [0.15, 0.2) is 72.1 Å². The summed E-state index contributed by atoms with van der Waals surface area (Å²) in [6, 6.07) is 14.8. The Labute approximate surface area is 193 Å². The predicted molar refractivity (Wildman–Crippen MR) is 127 cm³/mol. The maximum atomic E-state index is 14.7. The summed E-state index contributed by atoms with van der Waals surface area (Å²) in [7, 11) is 0. The van der Waals surface area contributed by atoms with Gasteiger partial charge >= 0.3 is 6.09 Å². The number of ether oxygens (including phenoxy) is 1. The SMILES string of the molecule is [N-]=[N+]=Nc1ccc(NC(=[35S])NC[C@H]2CN(c3ccc(-c4ccncc4)c(F)c3)C(=O)O2)cc1. The Bertz CT molecular complexity index is 1220. The van der Waals surface area contributed by atoms with Crippen LogP contribution in [0.5, 0.6) is 0 Å². The van der Waals surface area contributed by atoms with Crippen LogP contribution in [0.3, 0.4) is 0 Å². The largest absolute Gasteiger partial charge is 0.442 e. The molecule has 9 nitrogen and oxygen atoms in total. The smallest absolute Gasteiger partial charge is 0.414 e. The highest BCUT2D eigenvalue weighted by Crippen LogP contribution is 2.28. The zero-order valence-corrected chi connectivity index (χ0v) is 18.0. The van der Waals surface area contributed by atoms with Crippen molar-refractivity contribution >= 4 is 40.5 Å². The van der Waals surface area contributed by atoms with E-state index in [1.54, 1.807) is 60.9 Å². The molecule has 4 rings (SSSR count). The molecule has 1 aliphatic rings. The summed E-state index contributed by atoms with van der Waals surface area (Å²) in [6.45, 7) is 0.534. The Morgan fingerprint density at radius 1 is 1.24 bits per heavy atom. The molecule has 11 heteroatoms. The molecule has 33 heavy (non-hydrogen) atoms. The van der Waals surface area contributed by atoms with Crippen molar-refractivity contribution < 1.29 is 13.9 Å². The van der Waals surface area contributed by atoms with Gasteiger partial charge in [-0.25, -0.2) is 9.18 Å². The minimum atomic E-state index is -0.551. The number of azide groups is 1. The number of rotatable bonds is 6. The number of hydrogen-bond donors (Lipinski definition) is 2. The Morgan fingerprint density at radius 3 is 2.70 bits per heavy atom. The first-order valence-corrected chi connectivity index (χ1v) is 10.3. The summed E-state index contributed by atoms with van der Waals surface area (Å²) < 4.78 is 20.1. The molecule has 1 saturated heterocycles. The Balaban J connectivity index is 1.33. The fourth-order valence-corrected chi connectivity index (χ4v) is 3.52. The van der Waals surface area contributed by atoms with Gasteiger partial charge in [-0.1, -0.05) is 17.2 Å². The summed E-state index contributed by atoms with van der Waals surface area (Å²) in [4.78, 5) is 20.4. The third-order valence-electron chi connectivity index (χ3n) is 4.91. The van der Waals surface area contributed by atoms with Crippen LogP contribution in [-0.2, 0) is 4.74 Å². The van der Waals surface area contributed by atoms with Crippen molar-refractivity contribution in [1.29, 1.82) is 0 Å². The summed E-state index contributed by atoms with van der Waals surface area (Å²) in [6.07, 6.45) is 2.17. The molecule has 166 valence electrons. The summed E-state index contributed by atoms with van der Waals surface area (Å²) in [5, 5.41) is 9.84. The molecule has 0 bridgehead atoms. The number of cyclic esters (lactones) is 1. The van der Waals surface area contributed by atoms with E-state index in [4.69, 9.17) is 22.5 Å². The van der Waals surface area contributed by atoms with E-state index in [-0.39, 0.29) is 13.1 Å². The van der Waals surface area contributed by atoms with Crippen LogP contribution >= 0.6 is 12.2 Å². The standard InChI is InChI=1S/C22H18FN7O2S/c23-20-11-17(5-6-19(20)14-7-9-25-10-8-14)30-13-18(32-22(30)31)12-26-21(33)27-15-1-3-16(4-2-15)28-29-24/h1-11,18H,12-13H2,(H2,26,27,33)/t18-/m0/s1/i33+3. The molecule has 2 aromatic carbocycles. The quantitative estimate of drug-likeness (QED) is 0.225. The topological polar surface area (TPSA) is 115 Å². The lowest BCUT2D eigenvalue weighted by molar-refractivity contribution is 0.143. The second-order valence-electron chi connectivity index (χ2n) is 7.09. The van der Waals surface area contributed by atoms with Gasteiger partial charge in [0, 0.05) is 34.2 Å². The Hall–Kier alpha value is -4.21. The molecular weight excluding hydrogens is 448 g/mol. The Kier molecular flexibility index (Phi) is 6.63. The number of hydrogen-bond acceptors (Lipinski definition) is 5. The van der Waals surface area contributed by atoms with Gasteiger partial charge in [0.15, 0.2) is 5.11 Å². The van der Waals surface area contributed by atoms with E-state index in [2.05, 4.69) is 25.6 Å². The first-order valence-electron chi connectivity index (χ1n) is 9.91. The molecule has 2 N–H and O–H groups in total. The highest BCUT2D eigenvalue weighted by atomic mass is 35.0. The number of thiocarbonyl (C=S) groups is 1. The number of benzene rings is 2. The first kappa shape index (κ1) is 22.0. The minimum Gasteiger partial charge on any atom is -0.442 e. The van der Waals surface area contributed by atoms with E-state index in [9.17, 15) is 9.18 Å². The van der Waals surface area contributed by atoms with E-state index < -0.39 is 18.0 Å². The molecule has 1 atom stereocenters. The normalized spacial score (nSPS) is 14.9. The summed E-state index contributed by atoms with van der Waals surface area (Å²) >= 11 is 5.27. The van der Waals surface area contributed by atoms with E-state index in [1.807, 2.05) is 0 Å². The van der Waals surface area contributed by atoms with Crippen molar-refractivity contribution in [2.24, 2.45) is 5.11 Å². The number of aromatic nitrogens is 1. The van der Waals surface area contributed by atoms with E-state index >= 15 is 0 Å². The monoisotopic (exact) mass is 466 g/mol. The van der Waals surface area contributed by atoms with Gasteiger partial charge in [-0.05, 0) is 65.8 Å². The number of amides is 1. The zero-order valence-electron chi connectivity index (χ0n) is 17.2. The average Bonchev–Trinajstić information content (AvgIpc) is 3.20. The van der Waals surface area contributed by atoms with Crippen molar-refractivity contribution in [3.05, 3.63) is 83.3 Å². The van der Waals surface area contributed by atoms with Crippen molar-refractivity contribution in [3.63, 3.8) is 0 Å². The van der Waals surface area contributed by atoms with Crippen LogP contribution in [0.25, 0.3) is 21.6 Å². The second-order valence-corrected chi connectivity index (χ2v) is 7.50. The number of carbonyl (C=O) groups excluding carboxylic acids is 1. The van der Waals surface area contributed by atoms with Gasteiger partial charge in [0.2, 0.25) is 0 Å². The van der Waals surface area contributed by atoms with E-state index in [1.165, 1.54) is 11.0 Å². The van der Waals surface area contributed by atoms with Crippen molar-refractivity contribution in [2.75, 3.05) is 23.3 Å². The Morgan fingerprint density at radius 2 is 2.00 bits per heavy atom. The zero-order chi connectivity index (χ0) is 23.2. The molecule has 0 spiro atoms. The van der Waals surface area contributed by atoms with Gasteiger partial charge in [-0.15, -0.1) is 0 Å². The molecule has 1 aromatic heterocycles. The molecule has 1 amide bonds. The van der Waals surface area contributed by atoms with Gasteiger partial charge in [0.25, 0.3) is 0 Å². The molecule has 0 aliphatic carbocycles. The third-order valence-corrected chi connectivity index (χ3v) is 5.15. The molecule has 0 saturated carbocycles. The number of nitrogens with one attached hydrogen (secondary N) is 2. The number of halogens is 1. The fraction of sp³-hybridized carbons (Fsp3) is 0.136. The van der Waals surface area contributed by atoms with Gasteiger partial charge in [0.05, 0.1) is 18.8 Å². The highest BCUT2D eigenvalue weighted by Gasteiger charge is 2.32. The number of anilines is 2. The van der Waals surface area contributed by atoms with Crippen LogP contribution in [0, 0.1) is 5.82 Å². The van der Waals surface area contributed by atoms with Crippen molar-refractivity contribution in [3.8, 4) is 11.1 Å². The van der Waals surface area contributed by atoms with Crippen LogP contribution in [0.2, 0.25) is 0 Å². The van der Waals surface area contributed by atoms with Crippen LogP contribution in [0.1, 0.15) is 0 Å². The summed E-state index contributed by atoms with van der Waals surface area (Å²) in [5.41, 5.74) is 11.2. The van der Waals surface area contributed by atoms with Gasteiger partial charge < -0.3 is 15.4 Å². The third kappa shape index (κ3) is 5.35. The first-order chi connectivity index (χ1) is 16.0. The van der Waals surface area contributed by atoms with Crippen LogP contribution < -0.4 is 15.5 Å². The van der Waals surface area contributed by atoms with Crippen molar-refractivity contribution in [1.82, 2.24) is 10.3 Å². The fourth-order valence-electron chi connectivity index (χ4n) is 3.32. The molecule has 2 heterocycles. The average molecular weight is 466 g/mol. The molecule has 1 fully saturated rings. The number of pyridine rings is 1. The molecule has 0 unspecified atom stereocenters. The molecule has 1 aliphatic heterocycles. The predicted octanol–water partition coefficient (Wildman–Crippen LogP) is 5.14. The van der Waals surface area contributed by atoms with Crippen LogP contribution in [-0.4, -0.2) is 35.4 Å². The maximum Gasteiger partial charge on any atom is 0.414 e. The number of carbonyl (C=O) groups is 1. The minimum absolute atomic E-state index is 0.253. The van der Waals surface area contributed by atoms with Crippen molar-refractivity contribution in [2.45, 2.75) is 6.10 Å². The van der Waals surface area contributed by atoms with Crippen LogP contribution in [0.4, 0.5) is 26.2 Å². The van der Waals surface area contributed by atoms with E-state index in [0.717, 1.165) is 0 Å². The lowest BCUT2D eigenvalue weighted by Crippen LogP contribution is -2.37.